The summed E-state index contributed by atoms with van der Waals surface area (Å²) in [5.74, 6) is 0.854. The van der Waals surface area contributed by atoms with E-state index in [0.29, 0.717) is 23.0 Å². The van der Waals surface area contributed by atoms with Crippen LogP contribution in [0.2, 0.25) is 5.02 Å². The van der Waals surface area contributed by atoms with Gasteiger partial charge in [0.1, 0.15) is 11.6 Å². The molecule has 0 N–H and O–H groups in total. The minimum atomic E-state index is -0.296. The van der Waals surface area contributed by atoms with Crippen molar-refractivity contribution in [2.24, 2.45) is 0 Å². The maximum Gasteiger partial charge on any atom is 0.147 e. The summed E-state index contributed by atoms with van der Waals surface area (Å²) in [6.07, 6.45) is 0.557. The van der Waals surface area contributed by atoms with E-state index < -0.39 is 0 Å². The fraction of sp³-hybridized carbons (Fsp3) is 0.188. The Morgan fingerprint density at radius 3 is 2.76 bits per heavy atom. The van der Waals surface area contributed by atoms with Gasteiger partial charge >= 0.3 is 0 Å². The number of hydrogen-bond donors (Lipinski definition) is 0. The summed E-state index contributed by atoms with van der Waals surface area (Å²) in [5.41, 5.74) is 3.01. The summed E-state index contributed by atoms with van der Waals surface area (Å²) in [4.78, 5) is 4.54. The highest BCUT2D eigenvalue weighted by Crippen LogP contribution is 2.27. The van der Waals surface area contributed by atoms with E-state index in [-0.39, 0.29) is 5.82 Å². The Bertz CT molecular complexity index is 811. The van der Waals surface area contributed by atoms with Gasteiger partial charge in [0, 0.05) is 17.3 Å². The van der Waals surface area contributed by atoms with E-state index in [1.165, 1.54) is 6.07 Å². The normalized spacial score (nSPS) is 11.2. The number of nitrogens with zero attached hydrogens (tertiary/aromatic N) is 2. The third-order valence-corrected chi connectivity index (χ3v) is 3.77. The molecule has 2 nitrogen and oxygen atoms in total. The Hall–Kier alpha value is -1.58. The smallest absolute Gasteiger partial charge is 0.147 e. The van der Waals surface area contributed by atoms with Crippen LogP contribution in [0, 0.1) is 12.7 Å². The monoisotopic (exact) mass is 322 g/mol. The van der Waals surface area contributed by atoms with E-state index in [1.807, 2.05) is 13.0 Å². The molecule has 0 aliphatic heterocycles. The molecule has 0 aliphatic carbocycles. The minimum Gasteiger partial charge on any atom is -0.293 e. The first-order valence-corrected chi connectivity index (χ1v) is 7.51. The van der Waals surface area contributed by atoms with Gasteiger partial charge in [-0.3, -0.25) is 4.57 Å². The summed E-state index contributed by atoms with van der Waals surface area (Å²) >= 11 is 11.9. The first kappa shape index (κ1) is 14.4. The topological polar surface area (TPSA) is 17.8 Å². The van der Waals surface area contributed by atoms with Gasteiger partial charge in [0.25, 0.3) is 0 Å². The number of fused-ring (bicyclic) bond motifs is 1. The molecule has 0 spiro atoms. The van der Waals surface area contributed by atoms with Crippen LogP contribution in [-0.2, 0) is 6.42 Å². The number of benzene rings is 2. The van der Waals surface area contributed by atoms with Crippen molar-refractivity contribution in [1.82, 2.24) is 9.55 Å². The van der Waals surface area contributed by atoms with Gasteiger partial charge in [-0.15, -0.1) is 11.6 Å². The van der Waals surface area contributed by atoms with Gasteiger partial charge in [-0.2, -0.15) is 0 Å². The lowest BCUT2D eigenvalue weighted by Gasteiger charge is -2.11. The summed E-state index contributed by atoms with van der Waals surface area (Å²) in [6, 6.07) is 10.4. The second-order valence-electron chi connectivity index (χ2n) is 4.89. The van der Waals surface area contributed by atoms with Crippen molar-refractivity contribution >= 4 is 34.2 Å². The number of halogens is 3. The fourth-order valence-electron chi connectivity index (χ4n) is 2.41. The van der Waals surface area contributed by atoms with Crippen LogP contribution < -0.4 is 0 Å². The lowest BCUT2D eigenvalue weighted by Crippen LogP contribution is -2.04. The summed E-state index contributed by atoms with van der Waals surface area (Å²) in [5, 5.41) is 0.592. The number of rotatable bonds is 3. The molecule has 1 heterocycles. The molecule has 0 bridgehead atoms. The summed E-state index contributed by atoms with van der Waals surface area (Å²) in [7, 11) is 0. The molecular weight excluding hydrogens is 310 g/mol. The lowest BCUT2D eigenvalue weighted by atomic mass is 10.2. The van der Waals surface area contributed by atoms with Crippen molar-refractivity contribution in [1.29, 1.82) is 0 Å². The van der Waals surface area contributed by atoms with Gasteiger partial charge in [0.2, 0.25) is 0 Å². The molecule has 3 aromatic rings. The molecule has 0 fully saturated rings. The van der Waals surface area contributed by atoms with Crippen LogP contribution in [0.4, 0.5) is 4.39 Å². The summed E-state index contributed by atoms with van der Waals surface area (Å²) in [6.45, 7) is 1.93. The summed E-state index contributed by atoms with van der Waals surface area (Å²) < 4.78 is 16.1. The molecule has 3 rings (SSSR count). The molecule has 21 heavy (non-hydrogen) atoms. The molecule has 0 amide bonds. The third kappa shape index (κ3) is 2.63. The van der Waals surface area contributed by atoms with Crippen molar-refractivity contribution in [3.63, 3.8) is 0 Å². The molecule has 1 aromatic heterocycles. The molecule has 0 aliphatic rings. The quantitative estimate of drug-likeness (QED) is 0.626. The molecule has 5 heteroatoms. The predicted octanol–water partition coefficient (Wildman–Crippen LogP) is 4.91. The number of aromatic nitrogens is 2. The van der Waals surface area contributed by atoms with Crippen molar-refractivity contribution in [3.8, 4) is 5.69 Å². The zero-order valence-electron chi connectivity index (χ0n) is 11.4. The maximum absolute atomic E-state index is 14.3. The van der Waals surface area contributed by atoms with Gasteiger partial charge in [-0.1, -0.05) is 17.7 Å². The molecule has 0 unspecified atom stereocenters. The molecule has 108 valence electrons. The van der Waals surface area contributed by atoms with Gasteiger partial charge in [-0.25, -0.2) is 9.37 Å². The SMILES string of the molecule is Cc1ccc(F)c(-n2c(CCCl)nc3ccc(Cl)cc32)c1. The Morgan fingerprint density at radius 2 is 2.00 bits per heavy atom. The second kappa shape index (κ2) is 5.66. The van der Waals surface area contributed by atoms with Crippen LogP contribution in [0.1, 0.15) is 11.4 Å². The van der Waals surface area contributed by atoms with Crippen LogP contribution in [0.3, 0.4) is 0 Å². The van der Waals surface area contributed by atoms with E-state index in [2.05, 4.69) is 4.98 Å². The fourth-order valence-corrected chi connectivity index (χ4v) is 2.75. The molecule has 0 atom stereocenters. The number of aryl methyl sites for hydroxylation is 2. The zero-order chi connectivity index (χ0) is 15.0. The van der Waals surface area contributed by atoms with Gasteiger partial charge in [0.15, 0.2) is 0 Å². The van der Waals surface area contributed by atoms with Crippen molar-refractivity contribution in [2.75, 3.05) is 5.88 Å². The number of hydrogen-bond acceptors (Lipinski definition) is 1. The van der Waals surface area contributed by atoms with Gasteiger partial charge in [-0.05, 0) is 42.8 Å². The average molecular weight is 323 g/mol. The van der Waals surface area contributed by atoms with Crippen LogP contribution in [0.5, 0.6) is 0 Å². The van der Waals surface area contributed by atoms with Gasteiger partial charge in [0.05, 0.1) is 16.7 Å². The Morgan fingerprint density at radius 1 is 1.19 bits per heavy atom. The largest absolute Gasteiger partial charge is 0.293 e. The molecule has 0 saturated heterocycles. The Kier molecular flexibility index (Phi) is 3.87. The molecule has 0 saturated carbocycles. The van der Waals surface area contributed by atoms with Crippen molar-refractivity contribution < 1.29 is 4.39 Å². The van der Waals surface area contributed by atoms with Crippen LogP contribution in [0.15, 0.2) is 36.4 Å². The van der Waals surface area contributed by atoms with E-state index in [4.69, 9.17) is 23.2 Å². The van der Waals surface area contributed by atoms with Gasteiger partial charge < -0.3 is 0 Å². The highest BCUT2D eigenvalue weighted by Gasteiger charge is 2.15. The first-order chi connectivity index (χ1) is 10.1. The Balaban J connectivity index is 2.35. The third-order valence-electron chi connectivity index (χ3n) is 3.35. The lowest BCUT2D eigenvalue weighted by molar-refractivity contribution is 0.616. The number of alkyl halides is 1. The van der Waals surface area contributed by atoms with Crippen LogP contribution >= 0.6 is 23.2 Å². The Labute approximate surface area is 132 Å². The van der Waals surface area contributed by atoms with Crippen molar-refractivity contribution in [3.05, 3.63) is 58.6 Å². The number of imidazole rings is 1. The minimum absolute atomic E-state index is 0.296. The van der Waals surface area contributed by atoms with E-state index in [1.54, 1.807) is 28.8 Å². The maximum atomic E-state index is 14.3. The molecular formula is C16H13Cl2FN2. The second-order valence-corrected chi connectivity index (χ2v) is 5.70. The first-order valence-electron chi connectivity index (χ1n) is 6.59. The standard InChI is InChI=1S/C16H13Cl2FN2/c1-10-2-4-12(19)14(8-10)21-15-9-11(18)3-5-13(15)20-16(21)6-7-17/h2-5,8-9H,6-7H2,1H3. The predicted molar refractivity (Wildman–Crippen MR) is 85.2 cm³/mol. The van der Waals surface area contributed by atoms with E-state index >= 15 is 0 Å². The van der Waals surface area contributed by atoms with E-state index in [0.717, 1.165) is 22.4 Å². The van der Waals surface area contributed by atoms with Crippen LogP contribution in [-0.4, -0.2) is 15.4 Å². The molecule has 0 radical (unpaired) electrons. The molecule has 2 aromatic carbocycles. The van der Waals surface area contributed by atoms with Crippen molar-refractivity contribution in [2.45, 2.75) is 13.3 Å². The van der Waals surface area contributed by atoms with Crippen LogP contribution in [0.25, 0.3) is 16.7 Å². The zero-order valence-corrected chi connectivity index (χ0v) is 12.9. The average Bonchev–Trinajstić information content (AvgIpc) is 2.79. The highest BCUT2D eigenvalue weighted by atomic mass is 35.5. The highest BCUT2D eigenvalue weighted by molar-refractivity contribution is 6.31. The van der Waals surface area contributed by atoms with E-state index in [9.17, 15) is 4.39 Å².